The fourth-order valence-corrected chi connectivity index (χ4v) is 8.43. The fraction of sp³-hybridized carbons (Fsp3) is 0.259. The van der Waals surface area contributed by atoms with Crippen molar-refractivity contribution >= 4 is 32.1 Å². The molecule has 0 bridgehead atoms. The van der Waals surface area contributed by atoms with Gasteiger partial charge in [0, 0.05) is 6.42 Å². The summed E-state index contributed by atoms with van der Waals surface area (Å²) >= 11 is 0. The Morgan fingerprint density at radius 1 is 0.784 bits per heavy atom. The Labute approximate surface area is 217 Å². The molecule has 3 rings (SSSR count). The molecule has 1 N–H and O–H groups in total. The number of ether oxygens (including phenoxy) is 1. The third-order valence-electron chi connectivity index (χ3n) is 5.54. The Kier molecular flexibility index (Phi) is 8.24. The van der Waals surface area contributed by atoms with Crippen molar-refractivity contribution in [3.8, 4) is 0 Å². The van der Waals surface area contributed by atoms with Gasteiger partial charge in [0.1, 0.15) is 17.4 Å². The van der Waals surface area contributed by atoms with Crippen LogP contribution >= 0.6 is 0 Å². The number of carbonyl (C=O) groups is 2. The molecule has 196 valence electrons. The highest BCUT2D eigenvalue weighted by molar-refractivity contribution is 8.09. The Bertz CT molecular complexity index is 1370. The van der Waals surface area contributed by atoms with E-state index < -0.39 is 47.9 Å². The molecule has 0 radical (unpaired) electrons. The number of amides is 1. The van der Waals surface area contributed by atoms with Gasteiger partial charge in [-0.15, -0.1) is 0 Å². The maximum atomic E-state index is 13.9. The largest absolute Gasteiger partial charge is 0.444 e. The lowest BCUT2D eigenvalue weighted by atomic mass is 9.88. The summed E-state index contributed by atoms with van der Waals surface area (Å²) < 4.78 is 58.6. The zero-order chi connectivity index (χ0) is 27.3. The van der Waals surface area contributed by atoms with E-state index in [0.717, 1.165) is 0 Å². The van der Waals surface area contributed by atoms with Gasteiger partial charge in [-0.2, -0.15) is 0 Å². The van der Waals surface area contributed by atoms with Crippen molar-refractivity contribution in [2.75, 3.05) is 0 Å². The van der Waals surface area contributed by atoms with Crippen LogP contribution in [0.2, 0.25) is 0 Å². The lowest BCUT2D eigenvalue weighted by molar-refractivity contribution is -0.114. The number of sulfone groups is 2. The highest BCUT2D eigenvalue weighted by Crippen LogP contribution is 2.35. The first kappa shape index (κ1) is 28.1. The molecule has 0 saturated carbocycles. The van der Waals surface area contributed by atoms with Gasteiger partial charge in [0.15, 0.2) is 24.3 Å². The summed E-state index contributed by atoms with van der Waals surface area (Å²) in [4.78, 5) is 25.1. The third-order valence-corrected chi connectivity index (χ3v) is 10.6. The quantitative estimate of drug-likeness (QED) is 0.400. The number of benzene rings is 3. The van der Waals surface area contributed by atoms with Crippen LogP contribution < -0.4 is 5.32 Å². The maximum absolute atomic E-state index is 13.9. The van der Waals surface area contributed by atoms with Gasteiger partial charge in [-0.25, -0.2) is 21.6 Å². The average Bonchev–Trinajstić information content (AvgIpc) is 2.86. The van der Waals surface area contributed by atoms with Crippen LogP contribution in [0.4, 0.5) is 4.79 Å². The summed E-state index contributed by atoms with van der Waals surface area (Å²) in [6.45, 7) is 4.88. The molecule has 0 aliphatic carbocycles. The highest BCUT2D eigenvalue weighted by atomic mass is 32.3. The average molecular weight is 544 g/mol. The number of alkyl carbamates (subject to hydrolysis) is 1. The van der Waals surface area contributed by atoms with Crippen molar-refractivity contribution in [1.82, 2.24) is 5.32 Å². The van der Waals surface area contributed by atoms with Gasteiger partial charge in [-0.3, -0.25) is 0 Å². The number of rotatable bonds is 9. The summed E-state index contributed by atoms with van der Waals surface area (Å²) in [5.41, 5.74) is -2.77. The Hall–Kier alpha value is -3.50. The van der Waals surface area contributed by atoms with E-state index in [1.165, 1.54) is 60.7 Å². The number of hydrogen-bond acceptors (Lipinski definition) is 7. The molecule has 1 atom stereocenters. The van der Waals surface area contributed by atoms with Crippen LogP contribution in [0.1, 0.15) is 32.8 Å². The molecule has 0 aliphatic heterocycles. The second kappa shape index (κ2) is 10.9. The minimum absolute atomic E-state index is 0.201. The lowest BCUT2D eigenvalue weighted by Gasteiger charge is -2.34. The topological polar surface area (TPSA) is 124 Å². The van der Waals surface area contributed by atoms with E-state index in [9.17, 15) is 26.4 Å². The molecular weight excluding hydrogens is 514 g/mol. The number of nitrogens with one attached hydrogen (secondary N) is 1. The van der Waals surface area contributed by atoms with Crippen molar-refractivity contribution in [1.29, 1.82) is 0 Å². The normalized spacial score (nSPS) is 13.9. The summed E-state index contributed by atoms with van der Waals surface area (Å²) in [5.74, 6) is 0. The molecule has 3 aromatic rings. The van der Waals surface area contributed by atoms with Gasteiger partial charge in [0.2, 0.25) is 0 Å². The van der Waals surface area contributed by atoms with Crippen molar-refractivity contribution in [2.45, 2.75) is 52.7 Å². The van der Waals surface area contributed by atoms with Crippen LogP contribution in [-0.2, 0) is 34.7 Å². The summed E-state index contributed by atoms with van der Waals surface area (Å²) in [6, 6.07) is 22.1. The van der Waals surface area contributed by atoms with Crippen LogP contribution in [0.25, 0.3) is 0 Å². The van der Waals surface area contributed by atoms with E-state index in [0.29, 0.717) is 6.29 Å². The van der Waals surface area contributed by atoms with Gasteiger partial charge in [0.25, 0.3) is 0 Å². The van der Waals surface area contributed by atoms with Crippen LogP contribution in [-0.4, -0.2) is 39.4 Å². The molecule has 8 nitrogen and oxygen atoms in total. The van der Waals surface area contributed by atoms with Crippen LogP contribution in [0, 0.1) is 0 Å². The molecule has 0 fully saturated rings. The molecule has 37 heavy (non-hydrogen) atoms. The van der Waals surface area contributed by atoms with Crippen molar-refractivity contribution in [3.05, 3.63) is 96.6 Å². The fourth-order valence-electron chi connectivity index (χ4n) is 3.78. The molecule has 0 saturated heterocycles. The summed E-state index contributed by atoms with van der Waals surface area (Å²) in [6.07, 6.45) is -1.45. The summed E-state index contributed by atoms with van der Waals surface area (Å²) in [5, 5.41) is 2.47. The third kappa shape index (κ3) is 6.44. The Morgan fingerprint density at radius 2 is 1.19 bits per heavy atom. The molecule has 0 spiro atoms. The van der Waals surface area contributed by atoms with E-state index in [4.69, 9.17) is 4.74 Å². The monoisotopic (exact) mass is 543 g/mol. The minimum Gasteiger partial charge on any atom is -0.444 e. The smallest absolute Gasteiger partial charge is 0.408 e. The van der Waals surface area contributed by atoms with Crippen molar-refractivity contribution in [2.24, 2.45) is 0 Å². The van der Waals surface area contributed by atoms with Crippen molar-refractivity contribution in [3.63, 3.8) is 0 Å². The van der Waals surface area contributed by atoms with Gasteiger partial charge >= 0.3 is 6.09 Å². The van der Waals surface area contributed by atoms with E-state index in [1.807, 2.05) is 0 Å². The van der Waals surface area contributed by atoms with E-state index in [2.05, 4.69) is 5.32 Å². The van der Waals surface area contributed by atoms with Gasteiger partial charge in [-0.1, -0.05) is 66.7 Å². The SMILES string of the molecule is CC(C)(C)OC(=O)N[C@](C=O)(CC(S(=O)(=O)c1ccccc1)S(=O)(=O)c1ccccc1)c1ccccc1. The predicted molar refractivity (Wildman–Crippen MR) is 139 cm³/mol. The van der Waals surface area contributed by atoms with E-state index in [-0.39, 0.29) is 15.4 Å². The minimum atomic E-state index is -4.57. The van der Waals surface area contributed by atoms with E-state index in [1.54, 1.807) is 51.1 Å². The number of carbonyl (C=O) groups excluding carboxylic acids is 2. The van der Waals surface area contributed by atoms with Gasteiger partial charge in [-0.05, 0) is 50.6 Å². The second-order valence-corrected chi connectivity index (χ2v) is 14.0. The first-order valence-corrected chi connectivity index (χ1v) is 14.5. The van der Waals surface area contributed by atoms with Gasteiger partial charge < -0.3 is 14.8 Å². The molecule has 0 heterocycles. The molecule has 10 heteroatoms. The molecular formula is C27H29NO7S2. The molecule has 0 aromatic heterocycles. The lowest BCUT2D eigenvalue weighted by Crippen LogP contribution is -2.52. The summed E-state index contributed by atoms with van der Waals surface area (Å²) in [7, 11) is -9.14. The standard InChI is InChI=1S/C27H29NO7S2/c1-26(2,3)35-25(30)28-27(20-29,21-13-7-4-8-14-21)19-24(36(31,32)22-15-9-5-10-16-22)37(33,34)23-17-11-6-12-18-23/h4-18,20,24H,19H2,1-3H3,(H,28,30)/t27-/m0/s1. The van der Waals surface area contributed by atoms with Crippen LogP contribution in [0.5, 0.6) is 0 Å². The highest BCUT2D eigenvalue weighted by Gasteiger charge is 2.48. The second-order valence-electron chi connectivity index (χ2n) is 9.43. The number of aldehydes is 1. The zero-order valence-electron chi connectivity index (χ0n) is 20.7. The van der Waals surface area contributed by atoms with Crippen LogP contribution in [0.15, 0.2) is 101 Å². The Balaban J connectivity index is 2.24. The van der Waals surface area contributed by atoms with Crippen molar-refractivity contribution < 1.29 is 31.2 Å². The van der Waals surface area contributed by atoms with Gasteiger partial charge in [0.05, 0.1) is 9.79 Å². The van der Waals surface area contributed by atoms with E-state index >= 15 is 0 Å². The van der Waals surface area contributed by atoms with Crippen LogP contribution in [0.3, 0.4) is 0 Å². The zero-order valence-corrected chi connectivity index (χ0v) is 22.3. The number of hydrogen-bond donors (Lipinski definition) is 1. The molecule has 3 aromatic carbocycles. The first-order chi connectivity index (χ1) is 17.3. The molecule has 0 unspecified atom stereocenters. The molecule has 1 amide bonds. The Morgan fingerprint density at radius 3 is 1.57 bits per heavy atom. The predicted octanol–water partition coefficient (Wildman–Crippen LogP) is 4.27. The molecule has 0 aliphatic rings. The maximum Gasteiger partial charge on any atom is 0.408 e. The first-order valence-electron chi connectivity index (χ1n) is 11.4.